The summed E-state index contributed by atoms with van der Waals surface area (Å²) < 4.78 is 7.34. The van der Waals surface area contributed by atoms with Gasteiger partial charge in [0.25, 0.3) is 5.91 Å². The first kappa shape index (κ1) is 17.9. The fraction of sp³-hybridized carbons (Fsp3) is 0.316. The van der Waals surface area contributed by atoms with Crippen LogP contribution in [-0.4, -0.2) is 58.2 Å². The molecule has 1 fully saturated rings. The van der Waals surface area contributed by atoms with Crippen molar-refractivity contribution >= 4 is 34.6 Å². The Bertz CT molecular complexity index is 952. The van der Waals surface area contributed by atoms with E-state index in [9.17, 15) is 4.79 Å². The number of anilines is 1. The number of benzene rings is 1. The summed E-state index contributed by atoms with van der Waals surface area (Å²) in [5, 5.41) is 3.30. The summed E-state index contributed by atoms with van der Waals surface area (Å²) in [5.41, 5.74) is 1.91. The molecule has 2 aromatic heterocycles. The molecule has 1 aliphatic heterocycles. The standard InChI is InChI=1S/C19H20ClN5O2/c20-15-5-2-1-4-14(15)18(26)23-19-22-16-6-3-7-21-17(16)25(19)9-8-24-10-12-27-13-11-24/h1-7H,8-13H2,(H,22,23,26). The van der Waals surface area contributed by atoms with Crippen LogP contribution < -0.4 is 5.32 Å². The molecule has 3 heterocycles. The molecule has 8 heteroatoms. The van der Waals surface area contributed by atoms with Crippen LogP contribution in [0.1, 0.15) is 10.4 Å². The second-order valence-corrected chi connectivity index (χ2v) is 6.73. The monoisotopic (exact) mass is 385 g/mol. The van der Waals surface area contributed by atoms with Crippen LogP contribution in [-0.2, 0) is 11.3 Å². The number of fused-ring (bicyclic) bond motifs is 1. The lowest BCUT2D eigenvalue weighted by molar-refractivity contribution is 0.0366. The highest BCUT2D eigenvalue weighted by Crippen LogP contribution is 2.20. The highest BCUT2D eigenvalue weighted by atomic mass is 35.5. The molecule has 0 spiro atoms. The summed E-state index contributed by atoms with van der Waals surface area (Å²) >= 11 is 6.15. The highest BCUT2D eigenvalue weighted by molar-refractivity contribution is 6.34. The number of nitrogens with zero attached hydrogens (tertiary/aromatic N) is 4. The number of rotatable bonds is 5. The van der Waals surface area contributed by atoms with Crippen LogP contribution in [0, 0.1) is 0 Å². The van der Waals surface area contributed by atoms with Gasteiger partial charge in [0, 0.05) is 32.4 Å². The maximum absolute atomic E-state index is 12.7. The van der Waals surface area contributed by atoms with E-state index in [1.165, 1.54) is 0 Å². The van der Waals surface area contributed by atoms with Crippen molar-refractivity contribution in [2.24, 2.45) is 0 Å². The predicted octanol–water partition coefficient (Wildman–Crippen LogP) is 2.67. The summed E-state index contributed by atoms with van der Waals surface area (Å²) in [6, 6.07) is 10.7. The quantitative estimate of drug-likeness (QED) is 0.731. The average Bonchev–Trinajstić information content (AvgIpc) is 3.04. The second kappa shape index (κ2) is 8.04. The number of amides is 1. The predicted molar refractivity (Wildman–Crippen MR) is 104 cm³/mol. The molecule has 4 rings (SSSR count). The van der Waals surface area contributed by atoms with Gasteiger partial charge in [0.05, 0.1) is 23.8 Å². The molecule has 0 bridgehead atoms. The number of hydrogen-bond acceptors (Lipinski definition) is 5. The van der Waals surface area contributed by atoms with Gasteiger partial charge in [0.1, 0.15) is 5.52 Å². The van der Waals surface area contributed by atoms with Gasteiger partial charge >= 0.3 is 0 Å². The fourth-order valence-electron chi connectivity index (χ4n) is 3.15. The van der Waals surface area contributed by atoms with Crippen LogP contribution in [0.5, 0.6) is 0 Å². The van der Waals surface area contributed by atoms with E-state index in [4.69, 9.17) is 16.3 Å². The number of nitrogens with one attached hydrogen (secondary N) is 1. The van der Waals surface area contributed by atoms with Crippen LogP contribution in [0.2, 0.25) is 5.02 Å². The first-order valence-corrected chi connectivity index (χ1v) is 9.27. The third-order valence-electron chi connectivity index (χ3n) is 4.59. The maximum atomic E-state index is 12.7. The maximum Gasteiger partial charge on any atom is 0.259 e. The van der Waals surface area contributed by atoms with E-state index in [2.05, 4.69) is 20.2 Å². The third-order valence-corrected chi connectivity index (χ3v) is 4.92. The summed E-state index contributed by atoms with van der Waals surface area (Å²) in [6.45, 7) is 4.81. The minimum Gasteiger partial charge on any atom is -0.379 e. The Balaban J connectivity index is 1.59. The van der Waals surface area contributed by atoms with Gasteiger partial charge in [0.2, 0.25) is 5.95 Å². The van der Waals surface area contributed by atoms with Crippen LogP contribution >= 0.6 is 11.6 Å². The summed E-state index contributed by atoms with van der Waals surface area (Å²) in [7, 11) is 0. The fourth-order valence-corrected chi connectivity index (χ4v) is 3.37. The van der Waals surface area contributed by atoms with Gasteiger partial charge in [-0.05, 0) is 24.3 Å². The molecule has 0 aliphatic carbocycles. The van der Waals surface area contributed by atoms with E-state index in [-0.39, 0.29) is 5.91 Å². The van der Waals surface area contributed by atoms with Crippen molar-refractivity contribution in [3.05, 3.63) is 53.2 Å². The third kappa shape index (κ3) is 3.95. The first-order chi connectivity index (χ1) is 13.2. The zero-order valence-electron chi connectivity index (χ0n) is 14.8. The van der Waals surface area contributed by atoms with Crippen molar-refractivity contribution in [2.75, 3.05) is 38.2 Å². The Morgan fingerprint density at radius 1 is 1.15 bits per heavy atom. The Kier molecular flexibility index (Phi) is 5.33. The van der Waals surface area contributed by atoms with E-state index in [0.29, 0.717) is 23.1 Å². The number of morpholine rings is 1. The number of pyridine rings is 1. The molecule has 1 amide bonds. The van der Waals surface area contributed by atoms with Crippen molar-refractivity contribution in [3.8, 4) is 0 Å². The number of carbonyl (C=O) groups is 1. The van der Waals surface area contributed by atoms with Gasteiger partial charge in [-0.2, -0.15) is 0 Å². The molecule has 1 saturated heterocycles. The molecule has 1 N–H and O–H groups in total. The summed E-state index contributed by atoms with van der Waals surface area (Å²) in [4.78, 5) is 24.0. The molecule has 1 aromatic carbocycles. The Hall–Kier alpha value is -2.48. The zero-order chi connectivity index (χ0) is 18.6. The van der Waals surface area contributed by atoms with Gasteiger partial charge in [-0.15, -0.1) is 0 Å². The minimum atomic E-state index is -0.288. The van der Waals surface area contributed by atoms with Gasteiger partial charge in [-0.1, -0.05) is 23.7 Å². The Morgan fingerprint density at radius 3 is 2.78 bits per heavy atom. The number of ether oxygens (including phenoxy) is 1. The van der Waals surface area contributed by atoms with Crippen LogP contribution in [0.4, 0.5) is 5.95 Å². The van der Waals surface area contributed by atoms with Gasteiger partial charge < -0.3 is 4.74 Å². The number of halogens is 1. The highest BCUT2D eigenvalue weighted by Gasteiger charge is 2.18. The van der Waals surface area contributed by atoms with Crippen molar-refractivity contribution in [3.63, 3.8) is 0 Å². The average molecular weight is 386 g/mol. The van der Waals surface area contributed by atoms with Crippen molar-refractivity contribution in [2.45, 2.75) is 6.54 Å². The van der Waals surface area contributed by atoms with E-state index < -0.39 is 0 Å². The normalized spacial score (nSPS) is 15.1. The van der Waals surface area contributed by atoms with Crippen LogP contribution in [0.25, 0.3) is 11.2 Å². The van der Waals surface area contributed by atoms with E-state index in [1.807, 2.05) is 16.7 Å². The molecular weight excluding hydrogens is 366 g/mol. The lowest BCUT2D eigenvalue weighted by Crippen LogP contribution is -2.38. The van der Waals surface area contributed by atoms with Crippen molar-refractivity contribution < 1.29 is 9.53 Å². The minimum absolute atomic E-state index is 0.288. The lowest BCUT2D eigenvalue weighted by Gasteiger charge is -2.26. The smallest absolute Gasteiger partial charge is 0.259 e. The van der Waals surface area contributed by atoms with Crippen molar-refractivity contribution in [1.82, 2.24) is 19.4 Å². The van der Waals surface area contributed by atoms with Gasteiger partial charge in [0.15, 0.2) is 5.65 Å². The summed E-state index contributed by atoms with van der Waals surface area (Å²) in [5.74, 6) is 0.186. The van der Waals surface area contributed by atoms with E-state index in [0.717, 1.165) is 44.0 Å². The molecule has 3 aromatic rings. The number of carbonyl (C=O) groups excluding carboxylic acids is 1. The molecule has 7 nitrogen and oxygen atoms in total. The Labute approximate surface area is 161 Å². The topological polar surface area (TPSA) is 72.3 Å². The van der Waals surface area contributed by atoms with E-state index in [1.54, 1.807) is 30.5 Å². The molecule has 0 radical (unpaired) electrons. The molecule has 0 atom stereocenters. The molecule has 0 saturated carbocycles. The van der Waals surface area contributed by atoms with Crippen molar-refractivity contribution in [1.29, 1.82) is 0 Å². The zero-order valence-corrected chi connectivity index (χ0v) is 15.5. The SMILES string of the molecule is O=C(Nc1nc2cccnc2n1CCN1CCOCC1)c1ccccc1Cl. The van der Waals surface area contributed by atoms with Gasteiger partial charge in [-0.25, -0.2) is 9.97 Å². The summed E-state index contributed by atoms with van der Waals surface area (Å²) in [6.07, 6.45) is 1.73. The largest absolute Gasteiger partial charge is 0.379 e. The van der Waals surface area contributed by atoms with Crippen LogP contribution in [0.15, 0.2) is 42.6 Å². The Morgan fingerprint density at radius 2 is 1.96 bits per heavy atom. The molecule has 1 aliphatic rings. The van der Waals surface area contributed by atoms with E-state index >= 15 is 0 Å². The van der Waals surface area contributed by atoms with Crippen LogP contribution in [0.3, 0.4) is 0 Å². The molecule has 140 valence electrons. The number of hydrogen-bond donors (Lipinski definition) is 1. The first-order valence-electron chi connectivity index (χ1n) is 8.89. The lowest BCUT2D eigenvalue weighted by atomic mass is 10.2. The number of aromatic nitrogens is 3. The van der Waals surface area contributed by atoms with Gasteiger partial charge in [-0.3, -0.25) is 19.6 Å². The molecule has 0 unspecified atom stereocenters. The molecule has 27 heavy (non-hydrogen) atoms. The second-order valence-electron chi connectivity index (χ2n) is 6.32. The molecular formula is C19H20ClN5O2. The number of imidazole rings is 1.